The van der Waals surface area contributed by atoms with Gasteiger partial charge in [-0.05, 0) is 35.9 Å². The van der Waals surface area contributed by atoms with Crippen molar-refractivity contribution in [3.8, 4) is 11.5 Å². The number of hydrogen-bond donors (Lipinski definition) is 2. The topological polar surface area (TPSA) is 80.7 Å². The van der Waals surface area contributed by atoms with Gasteiger partial charge in [-0.3, -0.25) is 4.79 Å². The third-order valence-electron chi connectivity index (χ3n) is 4.00. The van der Waals surface area contributed by atoms with Gasteiger partial charge in [-0.15, -0.1) is 11.3 Å². The summed E-state index contributed by atoms with van der Waals surface area (Å²) in [5.41, 5.74) is 3.84. The molecule has 1 aliphatic rings. The molecule has 2 N–H and O–H groups in total. The van der Waals surface area contributed by atoms with Gasteiger partial charge in [0.15, 0.2) is 11.5 Å². The minimum atomic E-state index is -0.827. The first-order valence-corrected chi connectivity index (χ1v) is 8.78. The van der Waals surface area contributed by atoms with Gasteiger partial charge in [-0.25, -0.2) is 4.98 Å². The van der Waals surface area contributed by atoms with E-state index in [0.717, 1.165) is 10.2 Å². The lowest BCUT2D eigenvalue weighted by Crippen LogP contribution is -2.28. The quantitative estimate of drug-likeness (QED) is 0.751. The molecule has 4 rings (SSSR count). The summed E-state index contributed by atoms with van der Waals surface area (Å²) in [6, 6.07) is 10.6. The van der Waals surface area contributed by atoms with Gasteiger partial charge in [0.1, 0.15) is 13.2 Å². The Balaban J connectivity index is 1.42. The molecule has 1 amide bonds. The number of aromatic nitrogens is 1. The molecule has 0 bridgehead atoms. The Morgan fingerprint density at radius 1 is 1.20 bits per heavy atom. The van der Waals surface area contributed by atoms with Crippen LogP contribution < -0.4 is 14.8 Å². The monoisotopic (exact) mass is 356 g/mol. The van der Waals surface area contributed by atoms with Crippen molar-refractivity contribution >= 4 is 27.5 Å². The van der Waals surface area contributed by atoms with Crippen molar-refractivity contribution in [2.24, 2.45) is 0 Å². The third kappa shape index (κ3) is 3.29. The zero-order valence-electron chi connectivity index (χ0n) is 13.3. The summed E-state index contributed by atoms with van der Waals surface area (Å²) in [5, 5.41) is 13.1. The Kier molecular flexibility index (Phi) is 4.25. The summed E-state index contributed by atoms with van der Waals surface area (Å²) in [7, 11) is 0. The van der Waals surface area contributed by atoms with E-state index >= 15 is 0 Å². The molecule has 3 aromatic rings. The number of nitrogens with one attached hydrogen (secondary N) is 1. The van der Waals surface area contributed by atoms with Crippen LogP contribution in [0.4, 0.5) is 0 Å². The fraction of sp³-hybridized carbons (Fsp3) is 0.222. The maximum atomic E-state index is 12.3. The van der Waals surface area contributed by atoms with Gasteiger partial charge in [0.2, 0.25) is 0 Å². The van der Waals surface area contributed by atoms with Gasteiger partial charge in [-0.2, -0.15) is 0 Å². The van der Waals surface area contributed by atoms with Crippen molar-refractivity contribution in [1.29, 1.82) is 0 Å². The lowest BCUT2D eigenvalue weighted by atomic mass is 10.1. The molecule has 0 spiro atoms. The molecule has 0 aliphatic carbocycles. The van der Waals surface area contributed by atoms with Crippen molar-refractivity contribution in [1.82, 2.24) is 10.3 Å². The number of nitrogens with zero attached hydrogens (tertiary/aromatic N) is 1. The first-order chi connectivity index (χ1) is 12.2. The number of thiazole rings is 1. The lowest BCUT2D eigenvalue weighted by molar-refractivity contribution is 0.0916. The molecule has 6 nitrogen and oxygen atoms in total. The van der Waals surface area contributed by atoms with Crippen LogP contribution in [0.25, 0.3) is 10.2 Å². The number of amides is 1. The zero-order chi connectivity index (χ0) is 17.2. The van der Waals surface area contributed by atoms with E-state index in [2.05, 4.69) is 10.3 Å². The fourth-order valence-corrected chi connectivity index (χ4v) is 3.39. The molecule has 0 saturated heterocycles. The van der Waals surface area contributed by atoms with E-state index in [4.69, 9.17) is 9.47 Å². The van der Waals surface area contributed by atoms with Crippen LogP contribution in [0.3, 0.4) is 0 Å². The highest BCUT2D eigenvalue weighted by Gasteiger charge is 2.16. The van der Waals surface area contributed by atoms with Gasteiger partial charge in [0.05, 0.1) is 21.8 Å². The molecule has 1 aliphatic heterocycles. The number of fused-ring (bicyclic) bond motifs is 2. The molecular formula is C18H16N2O4S. The third-order valence-corrected chi connectivity index (χ3v) is 4.79. The summed E-state index contributed by atoms with van der Waals surface area (Å²) < 4.78 is 11.9. The molecule has 0 unspecified atom stereocenters. The van der Waals surface area contributed by atoms with E-state index in [-0.39, 0.29) is 12.5 Å². The van der Waals surface area contributed by atoms with E-state index in [0.29, 0.717) is 35.8 Å². The van der Waals surface area contributed by atoms with Crippen molar-refractivity contribution in [2.45, 2.75) is 6.10 Å². The SMILES string of the molecule is O=C(NC[C@H](O)c1ccc2c(c1)OCCO2)c1ccc2ncsc2c1. The van der Waals surface area contributed by atoms with Crippen LogP contribution >= 0.6 is 11.3 Å². The summed E-state index contributed by atoms with van der Waals surface area (Å²) in [6.45, 7) is 1.12. The Morgan fingerprint density at radius 3 is 2.92 bits per heavy atom. The highest BCUT2D eigenvalue weighted by Crippen LogP contribution is 2.32. The number of carbonyl (C=O) groups is 1. The summed E-state index contributed by atoms with van der Waals surface area (Å²) in [6.07, 6.45) is -0.827. The lowest BCUT2D eigenvalue weighted by Gasteiger charge is -2.20. The van der Waals surface area contributed by atoms with Crippen molar-refractivity contribution in [2.75, 3.05) is 19.8 Å². The minimum absolute atomic E-state index is 0.110. The van der Waals surface area contributed by atoms with E-state index in [9.17, 15) is 9.90 Å². The van der Waals surface area contributed by atoms with Crippen LogP contribution in [0.1, 0.15) is 22.0 Å². The normalized spacial score (nSPS) is 14.3. The molecule has 1 aromatic heterocycles. The molecule has 0 saturated carbocycles. The Morgan fingerprint density at radius 2 is 2.04 bits per heavy atom. The molecule has 1 atom stereocenters. The van der Waals surface area contributed by atoms with Crippen LogP contribution in [0, 0.1) is 0 Å². The maximum absolute atomic E-state index is 12.3. The molecule has 128 valence electrons. The van der Waals surface area contributed by atoms with Crippen molar-refractivity contribution in [3.05, 3.63) is 53.0 Å². The molecule has 7 heteroatoms. The fourth-order valence-electron chi connectivity index (χ4n) is 2.67. The highest BCUT2D eigenvalue weighted by atomic mass is 32.1. The number of ether oxygens (including phenoxy) is 2. The summed E-state index contributed by atoms with van der Waals surface area (Å²) in [4.78, 5) is 16.5. The van der Waals surface area contributed by atoms with Crippen molar-refractivity contribution < 1.29 is 19.4 Å². The number of hydrogen-bond acceptors (Lipinski definition) is 6. The number of aliphatic hydroxyl groups excluding tert-OH is 1. The van der Waals surface area contributed by atoms with E-state index in [1.165, 1.54) is 11.3 Å². The van der Waals surface area contributed by atoms with Gasteiger partial charge in [-0.1, -0.05) is 6.07 Å². The number of aliphatic hydroxyl groups is 1. The van der Waals surface area contributed by atoms with Crippen LogP contribution in [0.2, 0.25) is 0 Å². The molecule has 25 heavy (non-hydrogen) atoms. The largest absolute Gasteiger partial charge is 0.486 e. The highest BCUT2D eigenvalue weighted by molar-refractivity contribution is 7.16. The Hall–Kier alpha value is -2.64. The van der Waals surface area contributed by atoms with Crippen LogP contribution in [-0.2, 0) is 0 Å². The molecule has 0 fully saturated rings. The predicted molar refractivity (Wildman–Crippen MR) is 94.3 cm³/mol. The van der Waals surface area contributed by atoms with Gasteiger partial charge >= 0.3 is 0 Å². The number of rotatable bonds is 4. The number of carbonyl (C=O) groups excluding carboxylic acids is 1. The van der Waals surface area contributed by atoms with E-state index in [1.54, 1.807) is 35.8 Å². The molecular weight excluding hydrogens is 340 g/mol. The smallest absolute Gasteiger partial charge is 0.251 e. The van der Waals surface area contributed by atoms with E-state index in [1.807, 2.05) is 6.07 Å². The maximum Gasteiger partial charge on any atom is 0.251 e. The average molecular weight is 356 g/mol. The standard InChI is InChI=1S/C18H16N2O4S/c21-14(11-2-4-15-16(7-11)24-6-5-23-15)9-19-18(22)12-1-3-13-17(8-12)25-10-20-13/h1-4,7-8,10,14,21H,5-6,9H2,(H,19,22)/t14-/m0/s1. The second kappa shape index (κ2) is 6.70. The van der Waals surface area contributed by atoms with E-state index < -0.39 is 6.10 Å². The second-order valence-electron chi connectivity index (χ2n) is 5.66. The number of benzene rings is 2. The Labute approximate surface area is 148 Å². The zero-order valence-corrected chi connectivity index (χ0v) is 14.1. The van der Waals surface area contributed by atoms with Gasteiger partial charge in [0.25, 0.3) is 5.91 Å². The van der Waals surface area contributed by atoms with Crippen LogP contribution in [0.15, 0.2) is 41.9 Å². The van der Waals surface area contributed by atoms with Crippen LogP contribution in [0.5, 0.6) is 11.5 Å². The average Bonchev–Trinajstić information content (AvgIpc) is 3.13. The molecule has 0 radical (unpaired) electrons. The minimum Gasteiger partial charge on any atom is -0.486 e. The van der Waals surface area contributed by atoms with Gasteiger partial charge in [0, 0.05) is 12.1 Å². The Bertz CT molecular complexity index is 924. The first-order valence-electron chi connectivity index (χ1n) is 7.90. The van der Waals surface area contributed by atoms with Crippen molar-refractivity contribution in [3.63, 3.8) is 0 Å². The molecule has 2 aromatic carbocycles. The molecule has 2 heterocycles. The predicted octanol–water partition coefficient (Wildman–Crippen LogP) is 2.53. The summed E-state index contributed by atoms with van der Waals surface area (Å²) >= 11 is 1.49. The first kappa shape index (κ1) is 15.9. The van der Waals surface area contributed by atoms with Crippen LogP contribution in [-0.4, -0.2) is 35.8 Å². The summed E-state index contributed by atoms with van der Waals surface area (Å²) in [5.74, 6) is 1.06. The van der Waals surface area contributed by atoms with Gasteiger partial charge < -0.3 is 19.9 Å². The second-order valence-corrected chi connectivity index (χ2v) is 6.55.